The average molecular weight is 711 g/mol. The number of thiazole rings is 1. The maximum atomic E-state index is 14.2. The Kier molecular flexibility index (Phi) is 11.5. The van der Waals surface area contributed by atoms with Crippen LogP contribution in [0.4, 0.5) is 5.69 Å². The molecule has 0 radical (unpaired) electrons. The van der Waals surface area contributed by atoms with E-state index in [9.17, 15) is 9.59 Å². The third kappa shape index (κ3) is 7.41. The van der Waals surface area contributed by atoms with Crippen molar-refractivity contribution in [2.24, 2.45) is 4.99 Å². The number of carbonyl (C=O) groups is 1. The number of methoxy groups -OCH3 is 1. The third-order valence-electron chi connectivity index (χ3n) is 7.80. The first-order valence-electron chi connectivity index (χ1n) is 15.7. The summed E-state index contributed by atoms with van der Waals surface area (Å²) in [5, 5.41) is 0.908. The van der Waals surface area contributed by atoms with Gasteiger partial charge in [0.1, 0.15) is 12.4 Å². The molecule has 0 spiro atoms. The number of hydrogen-bond acceptors (Lipinski definition) is 9. The zero-order valence-corrected chi connectivity index (χ0v) is 29.7. The lowest BCUT2D eigenvalue weighted by molar-refractivity contribution is -0.136. The van der Waals surface area contributed by atoms with Crippen LogP contribution in [0.5, 0.6) is 17.2 Å². The van der Waals surface area contributed by atoms with Gasteiger partial charge in [-0.2, -0.15) is 0 Å². The summed E-state index contributed by atoms with van der Waals surface area (Å²) in [5.74, 6) is 1.09. The van der Waals surface area contributed by atoms with Crippen LogP contribution in [-0.4, -0.2) is 43.9 Å². The van der Waals surface area contributed by atoms with Crippen LogP contribution in [0.3, 0.4) is 0 Å². The fourth-order valence-electron chi connectivity index (χ4n) is 5.47. The van der Waals surface area contributed by atoms with Gasteiger partial charge in [-0.05, 0) is 81.3 Å². The molecule has 0 unspecified atom stereocenters. The first-order valence-corrected chi connectivity index (χ1v) is 17.2. The molecule has 1 aromatic heterocycles. The quantitative estimate of drug-likeness (QED) is 0.146. The SMILES string of the molecule is CCOc1ccc([C@H]2C(C(=O)OC)=CN=c3s/c(=C/c4ccc(N(CC)CC)cc4OCc4ccc(Cl)c(Cl)c4)c(=O)n32)cc1OCC. The molecule has 1 aliphatic heterocycles. The fraction of sp³-hybridized carbons (Fsp3) is 0.306. The van der Waals surface area contributed by atoms with E-state index in [2.05, 4.69) is 23.7 Å². The minimum Gasteiger partial charge on any atom is -0.490 e. The molecule has 0 saturated carbocycles. The summed E-state index contributed by atoms with van der Waals surface area (Å²) < 4.78 is 25.0. The summed E-state index contributed by atoms with van der Waals surface area (Å²) >= 11 is 13.6. The van der Waals surface area contributed by atoms with Gasteiger partial charge in [-0.3, -0.25) is 9.36 Å². The van der Waals surface area contributed by atoms with Crippen LogP contribution < -0.4 is 34.0 Å². The topological polar surface area (TPSA) is 91.6 Å². The highest BCUT2D eigenvalue weighted by molar-refractivity contribution is 7.07. The Morgan fingerprint density at radius 1 is 0.917 bits per heavy atom. The molecule has 0 bridgehead atoms. The number of anilines is 1. The van der Waals surface area contributed by atoms with Gasteiger partial charge < -0.3 is 23.8 Å². The molecule has 0 saturated heterocycles. The second-order valence-corrected chi connectivity index (χ2v) is 12.5. The molecule has 5 rings (SSSR count). The zero-order valence-electron chi connectivity index (χ0n) is 27.4. The number of halogens is 2. The number of benzene rings is 3. The molecule has 0 amide bonds. The lowest BCUT2D eigenvalue weighted by Gasteiger charge is -2.23. The van der Waals surface area contributed by atoms with Gasteiger partial charge in [-0.1, -0.05) is 46.7 Å². The Morgan fingerprint density at radius 3 is 2.35 bits per heavy atom. The summed E-state index contributed by atoms with van der Waals surface area (Å²) in [4.78, 5) is 34.4. The average Bonchev–Trinajstić information content (AvgIpc) is 3.41. The van der Waals surface area contributed by atoms with Crippen LogP contribution in [0.1, 0.15) is 50.4 Å². The lowest BCUT2D eigenvalue weighted by Crippen LogP contribution is -2.39. The molecule has 1 atom stereocenters. The Morgan fingerprint density at radius 2 is 1.67 bits per heavy atom. The van der Waals surface area contributed by atoms with Crippen molar-refractivity contribution in [1.82, 2.24) is 4.57 Å². The van der Waals surface area contributed by atoms with Crippen molar-refractivity contribution in [3.05, 3.63) is 113 Å². The molecule has 9 nitrogen and oxygen atoms in total. The van der Waals surface area contributed by atoms with E-state index in [1.54, 1.807) is 30.3 Å². The monoisotopic (exact) mass is 709 g/mol. The van der Waals surface area contributed by atoms with Gasteiger partial charge in [0.25, 0.3) is 5.56 Å². The van der Waals surface area contributed by atoms with Gasteiger partial charge in [0, 0.05) is 36.6 Å². The number of ether oxygens (including phenoxy) is 4. The zero-order chi connectivity index (χ0) is 34.4. The first-order chi connectivity index (χ1) is 23.2. The first kappa shape index (κ1) is 35.1. The molecule has 3 aromatic carbocycles. The molecule has 48 heavy (non-hydrogen) atoms. The van der Waals surface area contributed by atoms with Crippen molar-refractivity contribution in [2.45, 2.75) is 40.3 Å². The highest BCUT2D eigenvalue weighted by Gasteiger charge is 2.31. The van der Waals surface area contributed by atoms with Crippen molar-refractivity contribution in [3.8, 4) is 17.2 Å². The van der Waals surface area contributed by atoms with Crippen molar-refractivity contribution >= 4 is 52.3 Å². The number of fused-ring (bicyclic) bond motifs is 1. The second-order valence-electron chi connectivity index (χ2n) is 10.7. The van der Waals surface area contributed by atoms with E-state index in [0.717, 1.165) is 24.3 Å². The predicted molar refractivity (Wildman–Crippen MR) is 191 cm³/mol. The van der Waals surface area contributed by atoms with Crippen LogP contribution in [0.15, 0.2) is 76.2 Å². The Balaban J connectivity index is 1.62. The van der Waals surface area contributed by atoms with Gasteiger partial charge in [0.05, 0.1) is 46.5 Å². The number of hydrogen-bond donors (Lipinski definition) is 0. The van der Waals surface area contributed by atoms with Crippen LogP contribution in [0.25, 0.3) is 6.08 Å². The van der Waals surface area contributed by atoms with Crippen molar-refractivity contribution in [3.63, 3.8) is 0 Å². The predicted octanol–water partition coefficient (Wildman–Crippen LogP) is 6.55. The van der Waals surface area contributed by atoms with Gasteiger partial charge in [0.2, 0.25) is 0 Å². The Bertz CT molecular complexity index is 2020. The summed E-state index contributed by atoms with van der Waals surface area (Å²) in [6.45, 7) is 10.7. The van der Waals surface area contributed by atoms with E-state index in [1.165, 1.54) is 29.2 Å². The minimum absolute atomic E-state index is 0.220. The summed E-state index contributed by atoms with van der Waals surface area (Å²) in [5.41, 5.74) is 3.10. The number of nitrogens with zero attached hydrogens (tertiary/aromatic N) is 3. The van der Waals surface area contributed by atoms with Crippen molar-refractivity contribution in [2.75, 3.05) is 38.3 Å². The Hall–Kier alpha value is -4.25. The number of carbonyl (C=O) groups excluding carboxylic acids is 1. The van der Waals surface area contributed by atoms with Crippen LogP contribution in [-0.2, 0) is 16.1 Å². The maximum Gasteiger partial charge on any atom is 0.337 e. The van der Waals surface area contributed by atoms with E-state index in [-0.39, 0.29) is 17.7 Å². The molecular weight excluding hydrogens is 673 g/mol. The molecule has 0 aliphatic carbocycles. The molecule has 12 heteroatoms. The molecule has 0 N–H and O–H groups in total. The number of esters is 1. The largest absolute Gasteiger partial charge is 0.490 e. The fourth-order valence-corrected chi connectivity index (χ4v) is 6.75. The maximum absolute atomic E-state index is 14.2. The highest BCUT2D eigenvalue weighted by Crippen LogP contribution is 2.35. The smallest absolute Gasteiger partial charge is 0.337 e. The van der Waals surface area contributed by atoms with E-state index < -0.39 is 12.0 Å². The van der Waals surface area contributed by atoms with Gasteiger partial charge in [-0.25, -0.2) is 9.79 Å². The second kappa shape index (κ2) is 15.8. The molecule has 2 heterocycles. The Labute approximate surface area is 293 Å². The molecule has 4 aromatic rings. The van der Waals surface area contributed by atoms with Gasteiger partial charge in [0.15, 0.2) is 16.3 Å². The molecule has 252 valence electrons. The van der Waals surface area contributed by atoms with E-state index in [0.29, 0.717) is 61.0 Å². The van der Waals surface area contributed by atoms with Gasteiger partial charge >= 0.3 is 5.97 Å². The lowest BCUT2D eigenvalue weighted by atomic mass is 9.97. The van der Waals surface area contributed by atoms with Crippen LogP contribution in [0.2, 0.25) is 10.0 Å². The van der Waals surface area contributed by atoms with Crippen LogP contribution in [0, 0.1) is 0 Å². The summed E-state index contributed by atoms with van der Waals surface area (Å²) in [7, 11) is 1.30. The molecule has 1 aliphatic rings. The minimum atomic E-state index is -0.804. The summed E-state index contributed by atoms with van der Waals surface area (Å²) in [6, 6.07) is 15.9. The van der Waals surface area contributed by atoms with E-state index >= 15 is 0 Å². The number of rotatable bonds is 13. The van der Waals surface area contributed by atoms with Crippen molar-refractivity contribution in [1.29, 1.82) is 0 Å². The van der Waals surface area contributed by atoms with Gasteiger partial charge in [-0.15, -0.1) is 0 Å². The summed E-state index contributed by atoms with van der Waals surface area (Å²) in [6.07, 6.45) is 3.26. The van der Waals surface area contributed by atoms with E-state index in [1.807, 2.05) is 44.2 Å². The highest BCUT2D eigenvalue weighted by atomic mass is 35.5. The third-order valence-corrected chi connectivity index (χ3v) is 9.53. The normalized spacial score (nSPS) is 14.1. The van der Waals surface area contributed by atoms with E-state index in [4.69, 9.17) is 42.1 Å². The number of aromatic nitrogens is 1. The molecular formula is C36H37Cl2N3O6S. The molecule has 0 fully saturated rings. The van der Waals surface area contributed by atoms with Crippen molar-refractivity contribution < 1.29 is 23.7 Å². The van der Waals surface area contributed by atoms with Crippen LogP contribution >= 0.6 is 34.5 Å². The standard InChI is InChI=1S/C36H37Cl2N3O6S/c1-6-40(7-2)25-13-11-23(30(19-25)47-21-22-10-14-27(37)28(38)16-22)18-32-34(42)41-33(26(35(43)44-5)20-39-36(41)48-32)24-12-15-29(45-8-3)31(17-24)46-9-4/h10-20,33H,6-9,21H2,1-5H3/b32-18+/t33-/m0/s1.